The van der Waals surface area contributed by atoms with Crippen molar-refractivity contribution in [3.63, 3.8) is 0 Å². The molecular weight excluding hydrogens is 689 g/mol. The molecule has 276 valence electrons. The van der Waals surface area contributed by atoms with Gasteiger partial charge in [0.1, 0.15) is 23.7 Å². The number of hydrogen-bond acceptors (Lipinski definition) is 10. The molecule has 15 nitrogen and oxygen atoms in total. The van der Waals surface area contributed by atoms with Crippen LogP contribution in [-0.2, 0) is 29.1 Å². The van der Waals surface area contributed by atoms with E-state index < -0.39 is 86.3 Å². The molecule has 2 aliphatic carbocycles. The summed E-state index contributed by atoms with van der Waals surface area (Å²) < 4.78 is 59.3. The summed E-state index contributed by atoms with van der Waals surface area (Å²) in [6.07, 6.45) is 3.12. The van der Waals surface area contributed by atoms with Crippen molar-refractivity contribution >= 4 is 44.6 Å². The van der Waals surface area contributed by atoms with E-state index in [1.807, 2.05) is 6.08 Å². The Kier molecular flexibility index (Phi) is 9.65. The number of carbonyl (C=O) groups is 4. The van der Waals surface area contributed by atoms with Crippen LogP contribution >= 0.6 is 0 Å². The van der Waals surface area contributed by atoms with Gasteiger partial charge in [0.05, 0.1) is 30.6 Å². The fourth-order valence-electron chi connectivity index (χ4n) is 6.79. The van der Waals surface area contributed by atoms with Crippen LogP contribution in [0.1, 0.15) is 59.3 Å². The summed E-state index contributed by atoms with van der Waals surface area (Å²) in [6.45, 7) is 4.68. The molecule has 1 saturated heterocycles. The third-order valence-corrected chi connectivity index (χ3v) is 12.5. The minimum Gasteiger partial charge on any atom is -0.494 e. The van der Waals surface area contributed by atoms with Gasteiger partial charge in [-0.2, -0.15) is 0 Å². The molecule has 0 spiro atoms. The Morgan fingerprint density at radius 3 is 2.65 bits per heavy atom. The number of rotatable bonds is 7. The third-order valence-electron chi connectivity index (χ3n) is 10.3. The molecule has 2 aliphatic heterocycles. The van der Waals surface area contributed by atoms with Crippen LogP contribution in [0.15, 0.2) is 36.5 Å². The minimum atomic E-state index is -4.04. The number of benzene rings is 1. The Labute approximate surface area is 294 Å². The van der Waals surface area contributed by atoms with Gasteiger partial charge in [0, 0.05) is 23.9 Å². The Morgan fingerprint density at radius 2 is 1.96 bits per heavy atom. The van der Waals surface area contributed by atoms with Gasteiger partial charge in [-0.3, -0.25) is 19.1 Å². The SMILES string of the molecule is COc1cc2ccnc(O[C@@H]3C[C@H]4C(=O)N[C@]5(C(=O)NS(=O)(=O)C6(C)CC6)C[C@H]5/C=C\CC[C@@H](C)O[C@@H](C)[C@H](NC(=O)O)C(=O)N4C3)c2cc1F. The second kappa shape index (κ2) is 13.6. The van der Waals surface area contributed by atoms with Crippen molar-refractivity contribution < 1.29 is 51.3 Å². The van der Waals surface area contributed by atoms with Crippen LogP contribution in [0.3, 0.4) is 0 Å². The fraction of sp³-hybridized carbons (Fsp3) is 0.559. The fourth-order valence-corrected chi connectivity index (χ4v) is 8.10. The van der Waals surface area contributed by atoms with Crippen LogP contribution in [0.2, 0.25) is 0 Å². The van der Waals surface area contributed by atoms with Gasteiger partial charge in [-0.1, -0.05) is 12.2 Å². The van der Waals surface area contributed by atoms with Crippen LogP contribution in [0.25, 0.3) is 10.8 Å². The van der Waals surface area contributed by atoms with E-state index in [2.05, 4.69) is 20.3 Å². The summed E-state index contributed by atoms with van der Waals surface area (Å²) in [5, 5.41) is 15.5. The largest absolute Gasteiger partial charge is 0.494 e. The number of aromatic nitrogens is 1. The number of sulfonamides is 1. The first kappa shape index (κ1) is 36.3. The number of ether oxygens (including phenoxy) is 3. The van der Waals surface area contributed by atoms with Crippen LogP contribution in [0, 0.1) is 11.7 Å². The lowest BCUT2D eigenvalue weighted by Crippen LogP contribution is -2.60. The molecule has 0 unspecified atom stereocenters. The Hall–Kier alpha value is -4.51. The van der Waals surface area contributed by atoms with E-state index >= 15 is 0 Å². The highest BCUT2D eigenvalue weighted by Gasteiger charge is 2.63. The molecule has 6 rings (SSSR count). The Bertz CT molecular complexity index is 1890. The van der Waals surface area contributed by atoms with Gasteiger partial charge in [-0.15, -0.1) is 0 Å². The van der Waals surface area contributed by atoms with Gasteiger partial charge in [0.25, 0.3) is 5.91 Å². The van der Waals surface area contributed by atoms with E-state index in [9.17, 15) is 37.1 Å². The highest BCUT2D eigenvalue weighted by molar-refractivity contribution is 7.91. The van der Waals surface area contributed by atoms with Crippen molar-refractivity contribution in [3.05, 3.63) is 42.4 Å². The molecule has 3 heterocycles. The lowest BCUT2D eigenvalue weighted by atomic mass is 10.1. The summed E-state index contributed by atoms with van der Waals surface area (Å²) in [5.74, 6) is -3.55. The van der Waals surface area contributed by atoms with Gasteiger partial charge >= 0.3 is 6.09 Å². The summed E-state index contributed by atoms with van der Waals surface area (Å²) in [7, 11) is -2.70. The molecule has 2 saturated carbocycles. The number of nitrogens with one attached hydrogen (secondary N) is 3. The standard InChI is InChI=1S/C34H42FN5O10S/c1-18-7-5-6-8-21-16-34(21,31(43)39-51(46,47)33(3)10-11-33)38-28(41)25-14-22(17-40(25)30(42)27(19(2)49-18)37-32(44)45)50-29-23-15-24(35)26(48-4)13-20(23)9-12-36-29/h6,8-9,12-13,15,18-19,21-22,25,27,37H,5,7,10-11,14,16-17H2,1-4H3,(H,38,41)(H,39,43)(H,44,45)/b8-6-/t18-,19+,21-,22-,25+,27+,34-/m1/s1. The number of methoxy groups -OCH3 is 1. The number of carbonyl (C=O) groups excluding carboxylic acids is 3. The van der Waals surface area contributed by atoms with Gasteiger partial charge in [0.15, 0.2) is 11.6 Å². The molecule has 4 aliphatic rings. The summed E-state index contributed by atoms with van der Waals surface area (Å²) in [5.41, 5.74) is -1.61. The number of amides is 4. The molecule has 1 aromatic carbocycles. The number of halogens is 1. The molecule has 17 heteroatoms. The average Bonchev–Trinajstić information content (AvgIpc) is 3.95. The molecule has 0 bridgehead atoms. The smallest absolute Gasteiger partial charge is 0.405 e. The highest BCUT2D eigenvalue weighted by atomic mass is 32.2. The maximum atomic E-state index is 14.7. The van der Waals surface area contributed by atoms with E-state index in [1.165, 1.54) is 30.3 Å². The van der Waals surface area contributed by atoms with Gasteiger partial charge in [-0.25, -0.2) is 22.6 Å². The zero-order valence-electron chi connectivity index (χ0n) is 28.7. The molecule has 1 aromatic heterocycles. The normalized spacial score (nSPS) is 31.2. The van der Waals surface area contributed by atoms with Crippen LogP contribution < -0.4 is 24.8 Å². The number of pyridine rings is 1. The summed E-state index contributed by atoms with van der Waals surface area (Å²) in [4.78, 5) is 59.5. The molecule has 4 amide bonds. The van der Waals surface area contributed by atoms with E-state index in [0.717, 1.165) is 0 Å². The van der Waals surface area contributed by atoms with Crippen molar-refractivity contribution in [2.24, 2.45) is 5.92 Å². The first-order valence-corrected chi connectivity index (χ1v) is 18.4. The molecule has 3 fully saturated rings. The second-order valence-electron chi connectivity index (χ2n) is 14.0. The van der Waals surface area contributed by atoms with Crippen molar-refractivity contribution in [1.82, 2.24) is 25.2 Å². The third kappa shape index (κ3) is 7.18. The minimum absolute atomic E-state index is 0.0153. The molecule has 0 radical (unpaired) electrons. The molecule has 2 aromatic rings. The summed E-state index contributed by atoms with van der Waals surface area (Å²) >= 11 is 0. The van der Waals surface area contributed by atoms with Crippen molar-refractivity contribution in [2.75, 3.05) is 13.7 Å². The van der Waals surface area contributed by atoms with Crippen LogP contribution in [0.4, 0.5) is 9.18 Å². The topological polar surface area (TPSA) is 203 Å². The Morgan fingerprint density at radius 1 is 1.22 bits per heavy atom. The molecule has 4 N–H and O–H groups in total. The number of nitrogens with zero attached hydrogens (tertiary/aromatic N) is 2. The van der Waals surface area contributed by atoms with Gasteiger partial charge in [-0.05, 0) is 76.5 Å². The molecular formula is C34H42FN5O10S. The van der Waals surface area contributed by atoms with E-state index in [0.29, 0.717) is 36.5 Å². The number of hydrogen-bond donors (Lipinski definition) is 4. The number of allylic oxidation sites excluding steroid dienone is 1. The highest BCUT2D eigenvalue weighted by Crippen LogP contribution is 2.47. The van der Waals surface area contributed by atoms with Crippen molar-refractivity contribution in [2.45, 2.75) is 100.0 Å². The maximum Gasteiger partial charge on any atom is 0.405 e. The summed E-state index contributed by atoms with van der Waals surface area (Å²) in [6, 6.07) is 1.61. The molecule has 51 heavy (non-hydrogen) atoms. The lowest BCUT2D eigenvalue weighted by molar-refractivity contribution is -0.144. The lowest BCUT2D eigenvalue weighted by Gasteiger charge is -2.32. The first-order chi connectivity index (χ1) is 24.1. The zero-order valence-corrected chi connectivity index (χ0v) is 29.5. The zero-order chi connectivity index (χ0) is 36.9. The van der Waals surface area contributed by atoms with E-state index in [-0.39, 0.29) is 31.0 Å². The predicted octanol–water partition coefficient (Wildman–Crippen LogP) is 2.38. The quantitative estimate of drug-likeness (QED) is 0.305. The average molecular weight is 732 g/mol. The van der Waals surface area contributed by atoms with Crippen LogP contribution in [0.5, 0.6) is 11.6 Å². The van der Waals surface area contributed by atoms with E-state index in [1.54, 1.807) is 32.9 Å². The maximum absolute atomic E-state index is 14.7. The second-order valence-corrected chi connectivity index (χ2v) is 16.2. The predicted molar refractivity (Wildman–Crippen MR) is 180 cm³/mol. The van der Waals surface area contributed by atoms with Crippen LogP contribution in [-0.4, -0.2) is 102 Å². The number of carboxylic acid groups (broad SMARTS) is 1. The van der Waals surface area contributed by atoms with Gasteiger partial charge in [0.2, 0.25) is 27.7 Å². The molecule has 7 atom stereocenters. The first-order valence-electron chi connectivity index (χ1n) is 16.9. The Balaban J connectivity index is 1.34. The number of fused-ring (bicyclic) bond motifs is 3. The van der Waals surface area contributed by atoms with Crippen molar-refractivity contribution in [1.29, 1.82) is 0 Å². The van der Waals surface area contributed by atoms with E-state index in [4.69, 9.17) is 14.2 Å². The monoisotopic (exact) mass is 731 g/mol. The van der Waals surface area contributed by atoms with Crippen molar-refractivity contribution in [3.8, 4) is 11.6 Å². The van der Waals surface area contributed by atoms with Gasteiger partial charge < -0.3 is 34.9 Å².